The predicted octanol–water partition coefficient (Wildman–Crippen LogP) is 4.36. The summed E-state index contributed by atoms with van der Waals surface area (Å²) in [5, 5.41) is 11.0. The number of hydrogen-bond acceptors (Lipinski definition) is 5. The third-order valence-corrected chi connectivity index (χ3v) is 5.06. The molecule has 3 aromatic carbocycles. The van der Waals surface area contributed by atoms with Gasteiger partial charge in [0.05, 0.1) is 11.0 Å². The topological polar surface area (TPSA) is 98.4 Å². The smallest absolute Gasteiger partial charge is 0.269 e. The van der Waals surface area contributed by atoms with E-state index in [-0.39, 0.29) is 16.7 Å². The second kappa shape index (κ2) is 6.32. The van der Waals surface area contributed by atoms with Crippen LogP contribution in [0.15, 0.2) is 60.7 Å². The van der Waals surface area contributed by atoms with Gasteiger partial charge in [-0.1, -0.05) is 12.1 Å². The first-order valence-electron chi connectivity index (χ1n) is 8.80. The number of nitro benzene ring substituents is 1. The lowest BCUT2D eigenvalue weighted by Crippen LogP contribution is -2.33. The van der Waals surface area contributed by atoms with Gasteiger partial charge in [-0.15, -0.1) is 0 Å². The maximum Gasteiger partial charge on any atom is 0.269 e. The summed E-state index contributed by atoms with van der Waals surface area (Å²) in [4.78, 5) is 12.9. The molecule has 1 unspecified atom stereocenters. The highest BCUT2D eigenvalue weighted by Crippen LogP contribution is 2.48. The molecule has 0 spiro atoms. The largest absolute Gasteiger partial charge is 0.399 e. The Labute approximate surface area is 157 Å². The van der Waals surface area contributed by atoms with Crippen LogP contribution >= 0.6 is 0 Å². The van der Waals surface area contributed by atoms with Gasteiger partial charge in [-0.25, -0.2) is 0 Å². The number of nitrogen functional groups attached to an aromatic ring is 2. The van der Waals surface area contributed by atoms with Crippen LogP contribution in [0.2, 0.25) is 0 Å². The number of anilines is 3. The molecular formula is C21H20N4O2. The van der Waals surface area contributed by atoms with Gasteiger partial charge in [0.25, 0.3) is 5.69 Å². The second-order valence-corrected chi connectivity index (χ2v) is 6.66. The average molecular weight is 360 g/mol. The van der Waals surface area contributed by atoms with Crippen LogP contribution in [0.1, 0.15) is 24.1 Å². The van der Waals surface area contributed by atoms with E-state index in [0.717, 1.165) is 34.5 Å². The van der Waals surface area contributed by atoms with Crippen LogP contribution in [-0.4, -0.2) is 11.5 Å². The van der Waals surface area contributed by atoms with E-state index in [4.69, 9.17) is 11.5 Å². The van der Waals surface area contributed by atoms with E-state index in [9.17, 15) is 10.1 Å². The van der Waals surface area contributed by atoms with Gasteiger partial charge in [-0.2, -0.15) is 0 Å². The zero-order chi connectivity index (χ0) is 19.1. The summed E-state index contributed by atoms with van der Waals surface area (Å²) in [5.41, 5.74) is 18.9. The zero-order valence-corrected chi connectivity index (χ0v) is 14.9. The van der Waals surface area contributed by atoms with Crippen LogP contribution in [0.3, 0.4) is 0 Å². The Kier molecular flexibility index (Phi) is 3.96. The number of nitrogens with two attached hydrogens (primary N) is 2. The molecule has 4 rings (SSSR count). The van der Waals surface area contributed by atoms with Gasteiger partial charge >= 0.3 is 0 Å². The van der Waals surface area contributed by atoms with Crippen LogP contribution < -0.4 is 16.4 Å². The van der Waals surface area contributed by atoms with Gasteiger partial charge < -0.3 is 16.4 Å². The van der Waals surface area contributed by atoms with Crippen LogP contribution in [0.5, 0.6) is 0 Å². The second-order valence-electron chi connectivity index (χ2n) is 6.66. The van der Waals surface area contributed by atoms with E-state index in [1.54, 1.807) is 12.1 Å². The first kappa shape index (κ1) is 16.9. The summed E-state index contributed by atoms with van der Waals surface area (Å²) in [6.07, 6.45) is 0. The molecule has 6 heteroatoms. The van der Waals surface area contributed by atoms with Crippen molar-refractivity contribution in [2.45, 2.75) is 13.0 Å². The first-order chi connectivity index (χ1) is 13.0. The van der Waals surface area contributed by atoms with Gasteiger partial charge in [0, 0.05) is 41.3 Å². The molecule has 136 valence electrons. The molecule has 1 aliphatic heterocycles. The molecule has 1 atom stereocenters. The highest BCUT2D eigenvalue weighted by atomic mass is 16.6. The molecule has 4 N–H and O–H groups in total. The molecule has 1 aliphatic rings. The molecule has 0 aliphatic carbocycles. The van der Waals surface area contributed by atoms with Gasteiger partial charge in [0.1, 0.15) is 0 Å². The van der Waals surface area contributed by atoms with E-state index >= 15 is 0 Å². The molecule has 1 heterocycles. The summed E-state index contributed by atoms with van der Waals surface area (Å²) < 4.78 is 0. The van der Waals surface area contributed by atoms with Gasteiger partial charge in [-0.05, 0) is 60.0 Å². The number of hydrogen-bond donors (Lipinski definition) is 2. The standard InChI is InChI=1S/C21H20N4O2/c1-2-24-20-12-15(23)6-10-18(20)17-9-5-14(22)11-19(17)21(24)13-3-7-16(8-4-13)25(26)27/h3-12,21H,2,22-23H2,1H3. The summed E-state index contributed by atoms with van der Waals surface area (Å²) in [6.45, 7) is 2.84. The van der Waals surface area contributed by atoms with E-state index in [1.807, 2.05) is 48.5 Å². The Bertz CT molecular complexity index is 1030. The minimum absolute atomic E-state index is 0.0788. The molecule has 0 radical (unpaired) electrons. The van der Waals surface area contributed by atoms with Crippen molar-refractivity contribution >= 4 is 22.7 Å². The third-order valence-electron chi connectivity index (χ3n) is 5.06. The minimum atomic E-state index is -0.385. The monoisotopic (exact) mass is 360 g/mol. The summed E-state index contributed by atoms with van der Waals surface area (Å²) in [7, 11) is 0. The average Bonchev–Trinajstić information content (AvgIpc) is 2.66. The van der Waals surface area contributed by atoms with E-state index < -0.39 is 0 Å². The normalized spacial score (nSPS) is 15.1. The molecule has 0 fully saturated rings. The van der Waals surface area contributed by atoms with Gasteiger partial charge in [0.15, 0.2) is 0 Å². The Morgan fingerprint density at radius 2 is 1.59 bits per heavy atom. The molecule has 0 saturated carbocycles. The Hall–Kier alpha value is -3.54. The van der Waals surface area contributed by atoms with Crippen molar-refractivity contribution < 1.29 is 4.92 Å². The molecule has 0 bridgehead atoms. The SMILES string of the molecule is CCN1c2cc(N)ccc2-c2ccc(N)cc2C1c1ccc([N+](=O)[O-])cc1. The van der Waals surface area contributed by atoms with Crippen molar-refractivity contribution in [3.8, 4) is 11.1 Å². The fraction of sp³-hybridized carbons (Fsp3) is 0.143. The highest BCUT2D eigenvalue weighted by Gasteiger charge is 2.31. The van der Waals surface area contributed by atoms with Crippen molar-refractivity contribution in [3.63, 3.8) is 0 Å². The lowest BCUT2D eigenvalue weighted by molar-refractivity contribution is -0.384. The number of fused-ring (bicyclic) bond motifs is 3. The van der Waals surface area contributed by atoms with Crippen LogP contribution in [0.4, 0.5) is 22.7 Å². The van der Waals surface area contributed by atoms with Gasteiger partial charge in [-0.3, -0.25) is 10.1 Å². The van der Waals surface area contributed by atoms with Crippen LogP contribution in [0, 0.1) is 10.1 Å². The van der Waals surface area contributed by atoms with E-state index in [2.05, 4.69) is 11.8 Å². The minimum Gasteiger partial charge on any atom is -0.399 e. The van der Waals surface area contributed by atoms with Crippen LogP contribution in [-0.2, 0) is 0 Å². The number of non-ortho nitro benzene ring substituents is 1. The van der Waals surface area contributed by atoms with Crippen molar-refractivity contribution in [1.29, 1.82) is 0 Å². The summed E-state index contributed by atoms with van der Waals surface area (Å²) >= 11 is 0. The predicted molar refractivity (Wildman–Crippen MR) is 109 cm³/mol. The molecule has 27 heavy (non-hydrogen) atoms. The number of nitro groups is 1. The number of rotatable bonds is 3. The molecule has 0 saturated heterocycles. The van der Waals surface area contributed by atoms with Crippen molar-refractivity contribution in [1.82, 2.24) is 0 Å². The van der Waals surface area contributed by atoms with E-state index in [1.165, 1.54) is 0 Å². The summed E-state index contributed by atoms with van der Waals surface area (Å²) in [5.74, 6) is 0. The molecular weight excluding hydrogens is 340 g/mol. The number of benzene rings is 3. The zero-order valence-electron chi connectivity index (χ0n) is 14.9. The fourth-order valence-corrected chi connectivity index (χ4v) is 3.86. The van der Waals surface area contributed by atoms with Crippen molar-refractivity contribution in [3.05, 3.63) is 81.9 Å². The van der Waals surface area contributed by atoms with Crippen LogP contribution in [0.25, 0.3) is 11.1 Å². The molecule has 6 nitrogen and oxygen atoms in total. The number of nitrogens with zero attached hydrogens (tertiary/aromatic N) is 2. The Balaban J connectivity index is 1.95. The fourth-order valence-electron chi connectivity index (χ4n) is 3.86. The third kappa shape index (κ3) is 2.75. The molecule has 0 aromatic heterocycles. The van der Waals surface area contributed by atoms with Crippen molar-refractivity contribution in [2.24, 2.45) is 0 Å². The maximum atomic E-state index is 11.0. The molecule has 0 amide bonds. The lowest BCUT2D eigenvalue weighted by Gasteiger charge is -2.40. The summed E-state index contributed by atoms with van der Waals surface area (Å²) in [6, 6.07) is 18.5. The molecule has 3 aromatic rings. The first-order valence-corrected chi connectivity index (χ1v) is 8.80. The van der Waals surface area contributed by atoms with Gasteiger partial charge in [0.2, 0.25) is 0 Å². The van der Waals surface area contributed by atoms with E-state index in [0.29, 0.717) is 11.4 Å². The Morgan fingerprint density at radius 3 is 2.22 bits per heavy atom. The maximum absolute atomic E-state index is 11.0. The highest BCUT2D eigenvalue weighted by molar-refractivity contribution is 5.88. The van der Waals surface area contributed by atoms with Crippen molar-refractivity contribution in [2.75, 3.05) is 22.9 Å². The Morgan fingerprint density at radius 1 is 0.963 bits per heavy atom. The lowest BCUT2D eigenvalue weighted by atomic mass is 9.84. The quantitative estimate of drug-likeness (QED) is 0.411.